The molecule has 1 aliphatic carbocycles. The molecule has 17 heteroatoms. The summed E-state index contributed by atoms with van der Waals surface area (Å²) in [5.41, 5.74) is 15.2. The molecular formula is C41H58N7O9W-. The number of rotatable bonds is 27. The molecule has 1 unspecified atom stereocenters. The number of allylic oxidation sites excluding steroid dienone is 2. The standard InChI is InChI=1S/C34H46N4O9.C7H12N3.W/c1-25(37-24-40)8-9-26(2)38-33(42)29-6-5-7-30(32(29)34(38)43)35-14-3-4-15-36-31(41)23-46-19-18-44-16-17-45-20-21-47-28-12-10-27(22-39)11-13-28;8-6(4-7(9)10)5-2-1-3-5;/h5-7,10-13,24,26,35,39H,1,3-4,8-9,14-23H2,2H3,(H,36,41)(H,37,40);4-5,8-9H,1-3,10H2;/q;-1;/b;7-4-,8-6?;. The predicted molar refractivity (Wildman–Crippen MR) is 217 cm³/mol. The van der Waals surface area contributed by atoms with Gasteiger partial charge >= 0.3 is 0 Å². The minimum atomic E-state index is -0.360. The molecule has 0 bridgehead atoms. The van der Waals surface area contributed by atoms with Gasteiger partial charge in [-0.2, -0.15) is 0 Å². The van der Waals surface area contributed by atoms with Gasteiger partial charge in [-0.05, 0) is 81.4 Å². The van der Waals surface area contributed by atoms with E-state index in [-0.39, 0.29) is 70.5 Å². The zero-order valence-electron chi connectivity index (χ0n) is 33.2. The zero-order valence-corrected chi connectivity index (χ0v) is 36.2. The molecule has 1 atom stereocenters. The van der Waals surface area contributed by atoms with Crippen LogP contribution in [0.5, 0.6) is 5.75 Å². The van der Waals surface area contributed by atoms with Crippen LogP contribution in [0.25, 0.3) is 5.73 Å². The summed E-state index contributed by atoms with van der Waals surface area (Å²) < 4.78 is 21.8. The molecule has 2 aliphatic rings. The summed E-state index contributed by atoms with van der Waals surface area (Å²) in [7, 11) is 0. The summed E-state index contributed by atoms with van der Waals surface area (Å²) in [6.07, 6.45) is 7.79. The fourth-order valence-electron chi connectivity index (χ4n) is 5.79. The smallest absolute Gasteiger partial charge is 0.263 e. The van der Waals surface area contributed by atoms with Gasteiger partial charge in [-0.15, -0.1) is 0 Å². The van der Waals surface area contributed by atoms with Gasteiger partial charge < -0.3 is 56.9 Å². The summed E-state index contributed by atoms with van der Waals surface area (Å²) in [5.74, 6) is 0.220. The Morgan fingerprint density at radius 1 is 1.02 bits per heavy atom. The number of benzene rings is 2. The Morgan fingerprint density at radius 2 is 1.67 bits per heavy atom. The quantitative estimate of drug-likeness (QED) is 0.0320. The molecule has 0 aromatic heterocycles. The van der Waals surface area contributed by atoms with Gasteiger partial charge in [0, 0.05) is 63.2 Å². The average Bonchev–Trinajstić information content (AvgIpc) is 3.43. The third-order valence-electron chi connectivity index (χ3n) is 9.19. The van der Waals surface area contributed by atoms with E-state index in [2.05, 4.69) is 22.5 Å². The van der Waals surface area contributed by atoms with Crippen LogP contribution in [0.4, 0.5) is 5.69 Å². The number of imide groups is 1. The van der Waals surface area contributed by atoms with Crippen LogP contribution >= 0.6 is 0 Å². The fraction of sp³-hybridized carbons (Fsp3) is 0.488. The Hall–Kier alpha value is -4.60. The molecule has 4 rings (SSSR count). The molecular weight excluding hydrogens is 918 g/mol. The van der Waals surface area contributed by atoms with Gasteiger partial charge in [-0.3, -0.25) is 24.1 Å². The number of amides is 4. The molecule has 4 amide bonds. The Labute approximate surface area is 355 Å². The fourth-order valence-corrected chi connectivity index (χ4v) is 5.79. The SMILES string of the molecule is C=C(CCC(C)N1C(=O)c2cccc(NCCCCNC(=O)COCCOCCOCCOc3ccc(CO)cc3)c2C1=O)NC=O.N=C(/C=C(/[NH-])N)C1CCC1.[W]. The maximum Gasteiger partial charge on any atom is 0.263 e. The number of unbranched alkanes of at least 4 members (excludes halogenated alkanes) is 1. The van der Waals surface area contributed by atoms with Crippen LogP contribution in [0.1, 0.15) is 78.1 Å². The van der Waals surface area contributed by atoms with Crippen LogP contribution in [-0.4, -0.2) is 105 Å². The van der Waals surface area contributed by atoms with E-state index < -0.39 is 0 Å². The number of carbonyl (C=O) groups is 4. The summed E-state index contributed by atoms with van der Waals surface area (Å²) in [6.45, 7) is 8.83. The van der Waals surface area contributed by atoms with Crippen molar-refractivity contribution in [2.75, 3.05) is 64.7 Å². The summed E-state index contributed by atoms with van der Waals surface area (Å²) in [4.78, 5) is 50.1. The Bertz CT molecular complexity index is 1650. The van der Waals surface area contributed by atoms with E-state index in [1.807, 2.05) is 0 Å². The molecule has 318 valence electrons. The first-order valence-corrected chi connectivity index (χ1v) is 19.3. The van der Waals surface area contributed by atoms with E-state index in [1.54, 1.807) is 49.4 Å². The summed E-state index contributed by atoms with van der Waals surface area (Å²) >= 11 is 0. The van der Waals surface area contributed by atoms with Crippen molar-refractivity contribution in [3.63, 3.8) is 0 Å². The van der Waals surface area contributed by atoms with Crippen molar-refractivity contribution in [1.29, 1.82) is 5.41 Å². The number of aliphatic hydroxyl groups excluding tert-OH is 1. The van der Waals surface area contributed by atoms with Crippen LogP contribution in [0.3, 0.4) is 0 Å². The second kappa shape index (κ2) is 27.9. The van der Waals surface area contributed by atoms with Crippen LogP contribution in [0.2, 0.25) is 0 Å². The van der Waals surface area contributed by atoms with Crippen molar-refractivity contribution < 1.29 is 64.3 Å². The average molecular weight is 977 g/mol. The number of nitrogens with two attached hydrogens (primary N) is 1. The van der Waals surface area contributed by atoms with E-state index >= 15 is 0 Å². The molecule has 0 saturated heterocycles. The van der Waals surface area contributed by atoms with E-state index in [0.717, 1.165) is 24.8 Å². The van der Waals surface area contributed by atoms with Crippen LogP contribution < -0.4 is 26.4 Å². The molecule has 1 fully saturated rings. The van der Waals surface area contributed by atoms with E-state index in [0.29, 0.717) is 112 Å². The van der Waals surface area contributed by atoms with Gasteiger partial charge in [0.25, 0.3) is 11.8 Å². The Morgan fingerprint density at radius 3 is 2.29 bits per heavy atom. The van der Waals surface area contributed by atoms with Crippen molar-refractivity contribution in [3.8, 4) is 5.75 Å². The minimum Gasteiger partial charge on any atom is -0.495 e. The van der Waals surface area contributed by atoms with Crippen LogP contribution in [0, 0.1) is 11.3 Å². The van der Waals surface area contributed by atoms with Crippen molar-refractivity contribution in [2.45, 2.75) is 64.5 Å². The maximum absolute atomic E-state index is 13.2. The second-order valence-corrected chi connectivity index (χ2v) is 13.6. The van der Waals surface area contributed by atoms with Crippen LogP contribution in [-0.2, 0) is 51.5 Å². The molecule has 0 spiro atoms. The molecule has 16 nitrogen and oxygen atoms in total. The summed E-state index contributed by atoms with van der Waals surface area (Å²) in [6, 6.07) is 12.0. The maximum atomic E-state index is 13.2. The van der Waals surface area contributed by atoms with Crippen molar-refractivity contribution in [2.24, 2.45) is 11.7 Å². The first-order chi connectivity index (χ1) is 27.5. The number of carbonyl (C=O) groups excluding carboxylic acids is 4. The topological polar surface area (TPSA) is 238 Å². The van der Waals surface area contributed by atoms with E-state index in [4.69, 9.17) is 40.9 Å². The second-order valence-electron chi connectivity index (χ2n) is 13.6. The van der Waals surface area contributed by atoms with E-state index in [9.17, 15) is 19.2 Å². The number of ether oxygens (including phenoxy) is 4. The molecule has 8 N–H and O–H groups in total. The molecule has 1 heterocycles. The normalized spacial score (nSPS) is 13.9. The Balaban J connectivity index is 0.000000917. The molecule has 58 heavy (non-hydrogen) atoms. The van der Waals surface area contributed by atoms with Gasteiger partial charge in [-0.1, -0.05) is 37.0 Å². The first kappa shape index (κ1) is 49.5. The molecule has 2 aromatic rings. The monoisotopic (exact) mass is 976 g/mol. The third-order valence-corrected chi connectivity index (χ3v) is 9.19. The van der Waals surface area contributed by atoms with Gasteiger partial charge in [0.1, 0.15) is 19.0 Å². The molecule has 0 radical (unpaired) electrons. The first-order valence-electron chi connectivity index (χ1n) is 19.3. The number of anilines is 1. The molecule has 2 aromatic carbocycles. The number of fused-ring (bicyclic) bond motifs is 1. The number of nitrogens with one attached hydrogen (secondary N) is 5. The molecule has 1 aliphatic heterocycles. The largest absolute Gasteiger partial charge is 0.495 e. The number of nitrogens with zero attached hydrogens (tertiary/aromatic N) is 1. The predicted octanol–water partition coefficient (Wildman–Crippen LogP) is 4.30. The van der Waals surface area contributed by atoms with Gasteiger partial charge in [-0.25, -0.2) is 0 Å². The van der Waals surface area contributed by atoms with Gasteiger partial charge in [0.05, 0.1) is 50.8 Å². The summed E-state index contributed by atoms with van der Waals surface area (Å²) in [5, 5.41) is 25.0. The number of hydrogen-bond acceptors (Lipinski definition) is 12. The van der Waals surface area contributed by atoms with Crippen LogP contribution in [0.15, 0.2) is 66.6 Å². The van der Waals surface area contributed by atoms with E-state index in [1.165, 1.54) is 17.4 Å². The minimum absolute atomic E-state index is 0. The van der Waals surface area contributed by atoms with Gasteiger partial charge in [0.15, 0.2) is 0 Å². The number of hydrogen-bond donors (Lipinski definition) is 6. The third kappa shape index (κ3) is 17.5. The Kier molecular flexibility index (Phi) is 23.9. The van der Waals surface area contributed by atoms with Crippen molar-refractivity contribution in [3.05, 3.63) is 89.1 Å². The zero-order chi connectivity index (χ0) is 41.4. The molecule has 1 saturated carbocycles. The van der Waals surface area contributed by atoms with Gasteiger partial charge in [0.2, 0.25) is 12.3 Å². The van der Waals surface area contributed by atoms with Crippen molar-refractivity contribution >= 4 is 35.5 Å². The van der Waals surface area contributed by atoms with Crippen molar-refractivity contribution in [1.82, 2.24) is 15.5 Å². The number of aliphatic hydroxyl groups is 1.